The molecular weight excluding hydrogens is 384 g/mol. The summed E-state index contributed by atoms with van der Waals surface area (Å²) in [5.41, 5.74) is 0.609. The summed E-state index contributed by atoms with van der Waals surface area (Å²) < 4.78 is 12.4. The van der Waals surface area contributed by atoms with Gasteiger partial charge in [0.1, 0.15) is 5.60 Å². The van der Waals surface area contributed by atoms with Gasteiger partial charge in [-0.3, -0.25) is 4.79 Å². The summed E-state index contributed by atoms with van der Waals surface area (Å²) in [6.07, 6.45) is 3.83. The van der Waals surface area contributed by atoms with E-state index in [4.69, 9.17) is 9.47 Å². The van der Waals surface area contributed by atoms with Crippen molar-refractivity contribution in [2.24, 2.45) is 5.92 Å². The van der Waals surface area contributed by atoms with Crippen LogP contribution in [0.15, 0.2) is 29.6 Å². The molecule has 2 aromatic rings. The zero-order valence-corrected chi connectivity index (χ0v) is 19.1. The van der Waals surface area contributed by atoms with E-state index < -0.39 is 17.7 Å². The number of fused-ring (bicyclic) bond motifs is 1. The highest BCUT2D eigenvalue weighted by Gasteiger charge is 2.33. The van der Waals surface area contributed by atoms with Gasteiger partial charge in [-0.1, -0.05) is 38.8 Å². The van der Waals surface area contributed by atoms with Crippen molar-refractivity contribution in [3.8, 4) is 0 Å². The summed E-state index contributed by atoms with van der Waals surface area (Å²) in [6, 6.07) is 8.57. The molecule has 0 amide bonds. The number of esters is 2. The quantitative estimate of drug-likeness (QED) is 0.335. The number of carbonyl (C=O) groups is 2. The molecule has 160 valence electrons. The van der Waals surface area contributed by atoms with Gasteiger partial charge in [-0.25, -0.2) is 4.79 Å². The van der Waals surface area contributed by atoms with Gasteiger partial charge in [0.05, 0.1) is 0 Å². The Balaban J connectivity index is 2.02. The maximum atomic E-state index is 12.7. The minimum absolute atomic E-state index is 0.126. The van der Waals surface area contributed by atoms with Crippen LogP contribution in [-0.4, -0.2) is 23.6 Å². The summed E-state index contributed by atoms with van der Waals surface area (Å²) >= 11 is 1.73. The molecule has 0 fully saturated rings. The summed E-state index contributed by atoms with van der Waals surface area (Å²) in [5.74, 6) is -0.900. The van der Waals surface area contributed by atoms with E-state index in [2.05, 4.69) is 36.6 Å². The standard InChI is InChI=1S/C24H34O4S/c1-6-7-8-9-21(25)27-22(23(26)28-24(3,4)5)17(2)10-11-18-12-13-19-14-15-29-20(19)16-18/h12-17,22H,6-11H2,1-5H3/t17-,22?/m1/s1. The molecule has 1 aromatic heterocycles. The van der Waals surface area contributed by atoms with Gasteiger partial charge in [-0.2, -0.15) is 0 Å². The third kappa shape index (κ3) is 7.81. The number of hydrogen-bond donors (Lipinski definition) is 0. The minimum atomic E-state index is -0.867. The first-order chi connectivity index (χ1) is 13.7. The normalized spacial score (nSPS) is 13.8. The number of hydrogen-bond acceptors (Lipinski definition) is 5. The smallest absolute Gasteiger partial charge is 0.348 e. The highest BCUT2D eigenvalue weighted by atomic mass is 32.1. The Morgan fingerprint density at radius 3 is 2.59 bits per heavy atom. The molecule has 0 radical (unpaired) electrons. The van der Waals surface area contributed by atoms with E-state index in [0.29, 0.717) is 6.42 Å². The molecule has 0 bridgehead atoms. The van der Waals surface area contributed by atoms with Gasteiger partial charge in [0.15, 0.2) is 0 Å². The van der Waals surface area contributed by atoms with Crippen molar-refractivity contribution in [3.63, 3.8) is 0 Å². The van der Waals surface area contributed by atoms with Crippen molar-refractivity contribution in [2.45, 2.75) is 84.8 Å². The lowest BCUT2D eigenvalue weighted by Gasteiger charge is -2.27. The van der Waals surface area contributed by atoms with Crippen LogP contribution < -0.4 is 0 Å². The van der Waals surface area contributed by atoms with E-state index in [0.717, 1.165) is 32.1 Å². The third-order valence-electron chi connectivity index (χ3n) is 4.81. The van der Waals surface area contributed by atoms with Gasteiger partial charge < -0.3 is 9.47 Å². The number of benzene rings is 1. The topological polar surface area (TPSA) is 52.6 Å². The Morgan fingerprint density at radius 2 is 1.90 bits per heavy atom. The second-order valence-corrected chi connectivity index (χ2v) is 9.66. The molecule has 1 unspecified atom stereocenters. The Kier molecular flexibility index (Phi) is 8.69. The Bertz CT molecular complexity index is 803. The van der Waals surface area contributed by atoms with Crippen LogP contribution in [0.2, 0.25) is 0 Å². The zero-order chi connectivity index (χ0) is 21.4. The lowest BCUT2D eigenvalue weighted by Crippen LogP contribution is -2.39. The molecule has 0 saturated carbocycles. The van der Waals surface area contributed by atoms with E-state index in [1.807, 2.05) is 27.7 Å². The van der Waals surface area contributed by atoms with Gasteiger partial charge in [-0.15, -0.1) is 11.3 Å². The first-order valence-electron chi connectivity index (χ1n) is 10.6. The first-order valence-corrected chi connectivity index (χ1v) is 11.5. The zero-order valence-electron chi connectivity index (χ0n) is 18.3. The predicted octanol–water partition coefficient (Wildman–Crippen LogP) is 6.30. The van der Waals surface area contributed by atoms with Crippen LogP contribution in [0, 0.1) is 5.92 Å². The van der Waals surface area contributed by atoms with E-state index in [9.17, 15) is 9.59 Å². The number of ether oxygens (including phenoxy) is 2. The van der Waals surface area contributed by atoms with Crippen LogP contribution in [0.5, 0.6) is 0 Å². The Morgan fingerprint density at radius 1 is 1.14 bits per heavy atom. The number of aryl methyl sites for hydroxylation is 1. The summed E-state index contributed by atoms with van der Waals surface area (Å²) in [4.78, 5) is 25.0. The Hall–Kier alpha value is -1.88. The molecule has 1 aromatic carbocycles. The van der Waals surface area contributed by atoms with Crippen molar-refractivity contribution < 1.29 is 19.1 Å². The van der Waals surface area contributed by atoms with Gasteiger partial charge in [0, 0.05) is 17.0 Å². The molecular formula is C24H34O4S. The molecule has 0 aliphatic heterocycles. The highest BCUT2D eigenvalue weighted by Crippen LogP contribution is 2.25. The molecule has 4 nitrogen and oxygen atoms in total. The van der Waals surface area contributed by atoms with E-state index in [1.54, 1.807) is 11.3 Å². The SMILES string of the molecule is CCCCCC(=O)OC(C(=O)OC(C)(C)C)[C@H](C)CCc1ccc2ccsc2c1. The Labute approximate surface area is 178 Å². The maximum Gasteiger partial charge on any atom is 0.348 e. The van der Waals surface area contributed by atoms with Crippen LogP contribution in [-0.2, 0) is 25.5 Å². The van der Waals surface area contributed by atoms with Crippen LogP contribution in [0.1, 0.15) is 72.3 Å². The molecule has 29 heavy (non-hydrogen) atoms. The van der Waals surface area contributed by atoms with Crippen molar-refractivity contribution in [2.75, 3.05) is 0 Å². The van der Waals surface area contributed by atoms with Crippen LogP contribution in [0.25, 0.3) is 10.1 Å². The highest BCUT2D eigenvalue weighted by molar-refractivity contribution is 7.17. The van der Waals surface area contributed by atoms with Gasteiger partial charge in [0.2, 0.25) is 6.10 Å². The molecule has 5 heteroatoms. The van der Waals surface area contributed by atoms with Crippen molar-refractivity contribution in [3.05, 3.63) is 35.2 Å². The van der Waals surface area contributed by atoms with Crippen molar-refractivity contribution >= 4 is 33.4 Å². The molecule has 0 aliphatic carbocycles. The summed E-state index contributed by atoms with van der Waals surface area (Å²) in [6.45, 7) is 9.52. The third-order valence-corrected chi connectivity index (χ3v) is 5.69. The number of carbonyl (C=O) groups excluding carboxylic acids is 2. The van der Waals surface area contributed by atoms with E-state index in [1.165, 1.54) is 15.6 Å². The van der Waals surface area contributed by atoms with Gasteiger partial charge in [0.25, 0.3) is 0 Å². The number of rotatable bonds is 10. The van der Waals surface area contributed by atoms with Crippen molar-refractivity contribution in [1.29, 1.82) is 0 Å². The van der Waals surface area contributed by atoms with Crippen LogP contribution in [0.4, 0.5) is 0 Å². The summed E-state index contributed by atoms with van der Waals surface area (Å²) in [5, 5.41) is 3.34. The van der Waals surface area contributed by atoms with E-state index >= 15 is 0 Å². The van der Waals surface area contributed by atoms with Gasteiger partial charge in [-0.05, 0) is 68.5 Å². The molecule has 0 spiro atoms. The average Bonchev–Trinajstić information content (AvgIpc) is 3.10. The second kappa shape index (κ2) is 10.8. The maximum absolute atomic E-state index is 12.7. The lowest BCUT2D eigenvalue weighted by atomic mass is 9.95. The fourth-order valence-corrected chi connectivity index (χ4v) is 4.03. The number of unbranched alkanes of at least 4 members (excludes halogenated alkanes) is 2. The monoisotopic (exact) mass is 418 g/mol. The van der Waals surface area contributed by atoms with Crippen LogP contribution >= 0.6 is 11.3 Å². The van der Waals surface area contributed by atoms with Crippen molar-refractivity contribution in [1.82, 2.24) is 0 Å². The van der Waals surface area contributed by atoms with E-state index in [-0.39, 0.29) is 11.9 Å². The summed E-state index contributed by atoms with van der Waals surface area (Å²) in [7, 11) is 0. The number of thiophene rings is 1. The fourth-order valence-electron chi connectivity index (χ4n) is 3.18. The molecule has 0 saturated heterocycles. The first kappa shape index (κ1) is 23.4. The van der Waals surface area contributed by atoms with Crippen LogP contribution in [0.3, 0.4) is 0 Å². The minimum Gasteiger partial charge on any atom is -0.457 e. The predicted molar refractivity (Wildman–Crippen MR) is 119 cm³/mol. The molecule has 0 N–H and O–H groups in total. The lowest BCUT2D eigenvalue weighted by molar-refractivity contribution is -0.179. The largest absolute Gasteiger partial charge is 0.457 e. The molecule has 2 atom stereocenters. The average molecular weight is 419 g/mol. The molecule has 1 heterocycles. The fraction of sp³-hybridized carbons (Fsp3) is 0.583. The molecule has 2 rings (SSSR count). The van der Waals surface area contributed by atoms with Gasteiger partial charge >= 0.3 is 11.9 Å². The molecule has 0 aliphatic rings. The second-order valence-electron chi connectivity index (χ2n) is 8.71.